The molecule has 0 atom stereocenters. The molecule has 0 aliphatic heterocycles. The molecule has 0 bridgehead atoms. The molecule has 28 heavy (non-hydrogen) atoms. The van der Waals surface area contributed by atoms with E-state index in [0.29, 0.717) is 21.5 Å². The van der Waals surface area contributed by atoms with Gasteiger partial charge in [0.15, 0.2) is 5.78 Å². The zero-order chi connectivity index (χ0) is 20.3. The molecule has 0 aliphatic carbocycles. The van der Waals surface area contributed by atoms with Gasteiger partial charge in [-0.25, -0.2) is 0 Å². The average molecular weight is 417 g/mol. The Morgan fingerprint density at radius 1 is 1.25 bits per heavy atom. The van der Waals surface area contributed by atoms with Gasteiger partial charge in [0.05, 0.1) is 21.2 Å². The number of ether oxygens (including phenoxy) is 1. The second kappa shape index (κ2) is 8.20. The van der Waals surface area contributed by atoms with Crippen molar-refractivity contribution in [2.24, 2.45) is 0 Å². The molecule has 9 heteroatoms. The molecule has 2 aromatic carbocycles. The highest BCUT2D eigenvalue weighted by atomic mass is 35.5. The molecular weight excluding hydrogens is 404 g/mol. The van der Waals surface area contributed by atoms with Gasteiger partial charge in [-0.05, 0) is 36.4 Å². The van der Waals surface area contributed by atoms with Crippen LogP contribution in [0.2, 0.25) is 5.02 Å². The van der Waals surface area contributed by atoms with E-state index in [1.165, 1.54) is 37.5 Å². The van der Waals surface area contributed by atoms with Gasteiger partial charge in [-0.2, -0.15) is 0 Å². The number of thiazole rings is 1. The molecule has 0 spiro atoms. The lowest BCUT2D eigenvalue weighted by Crippen LogP contribution is -2.20. The van der Waals surface area contributed by atoms with Gasteiger partial charge in [0.25, 0.3) is 11.2 Å². The van der Waals surface area contributed by atoms with Gasteiger partial charge in [0, 0.05) is 34.4 Å². The molecule has 0 unspecified atom stereocenters. The lowest BCUT2D eigenvalue weighted by atomic mass is 10.1. The minimum Gasteiger partial charge on any atom is -0.497 e. The SMILES string of the molecule is COc1ccc(C(=O)/C=c2/[nH]c(=O)/c(=C/c3cc([N+](=O)[O-])ccc3Cl)s2)cc1. The zero-order valence-corrected chi connectivity index (χ0v) is 16.0. The molecular formula is C19H13ClN2O5S. The van der Waals surface area contributed by atoms with Crippen molar-refractivity contribution in [2.75, 3.05) is 7.11 Å². The fraction of sp³-hybridized carbons (Fsp3) is 0.0526. The van der Waals surface area contributed by atoms with Crippen molar-refractivity contribution in [2.45, 2.75) is 0 Å². The number of nitro benzene ring substituents is 1. The largest absolute Gasteiger partial charge is 0.497 e. The molecule has 0 amide bonds. The number of rotatable bonds is 5. The predicted octanol–water partition coefficient (Wildman–Crippen LogP) is 2.50. The quantitative estimate of drug-likeness (QED) is 0.391. The number of aromatic amines is 1. The summed E-state index contributed by atoms with van der Waals surface area (Å²) in [6.45, 7) is 0. The Morgan fingerprint density at radius 2 is 1.96 bits per heavy atom. The summed E-state index contributed by atoms with van der Waals surface area (Å²) in [4.78, 5) is 37.5. The number of nitro groups is 1. The first-order valence-electron chi connectivity index (χ1n) is 7.92. The standard InChI is InChI=1S/C19H13ClN2O5S/c1-27-14-5-2-11(3-6-14)16(23)10-18-21-19(24)17(28-18)9-12-8-13(22(25)26)4-7-15(12)20/h2-10H,1H3,(H,21,24)/b17-9-,18-10-. The monoisotopic (exact) mass is 416 g/mol. The van der Waals surface area contributed by atoms with Crippen molar-refractivity contribution < 1.29 is 14.5 Å². The van der Waals surface area contributed by atoms with E-state index in [1.807, 2.05) is 0 Å². The Bertz CT molecular complexity index is 1230. The van der Waals surface area contributed by atoms with Crippen LogP contribution in [0.15, 0.2) is 47.3 Å². The molecule has 142 valence electrons. The first kappa shape index (κ1) is 19.5. The molecule has 3 aromatic rings. The maximum atomic E-state index is 12.3. The third kappa shape index (κ3) is 4.36. The Morgan fingerprint density at radius 3 is 2.61 bits per heavy atom. The van der Waals surface area contributed by atoms with Crippen molar-refractivity contribution in [3.63, 3.8) is 0 Å². The number of non-ortho nitro benzene ring substituents is 1. The first-order valence-corrected chi connectivity index (χ1v) is 9.12. The fourth-order valence-electron chi connectivity index (χ4n) is 2.38. The van der Waals surface area contributed by atoms with Gasteiger partial charge in [-0.3, -0.25) is 19.7 Å². The summed E-state index contributed by atoms with van der Waals surface area (Å²) in [5.41, 5.74) is 0.241. The minimum absolute atomic E-state index is 0.134. The third-order valence-corrected chi connectivity index (χ3v) is 5.10. The summed E-state index contributed by atoms with van der Waals surface area (Å²) >= 11 is 7.12. The third-order valence-electron chi connectivity index (χ3n) is 3.79. The second-order valence-electron chi connectivity index (χ2n) is 5.63. The maximum absolute atomic E-state index is 12.3. The highest BCUT2D eigenvalue weighted by Crippen LogP contribution is 2.22. The summed E-state index contributed by atoms with van der Waals surface area (Å²) < 4.78 is 5.69. The van der Waals surface area contributed by atoms with Crippen molar-refractivity contribution in [3.8, 4) is 5.75 Å². The number of carbonyl (C=O) groups excluding carboxylic acids is 1. The number of aromatic nitrogens is 1. The van der Waals surface area contributed by atoms with Crippen LogP contribution >= 0.6 is 22.9 Å². The van der Waals surface area contributed by atoms with Crippen LogP contribution in [-0.2, 0) is 0 Å². The van der Waals surface area contributed by atoms with Gasteiger partial charge in [-0.1, -0.05) is 11.6 Å². The van der Waals surface area contributed by atoms with E-state index >= 15 is 0 Å². The zero-order valence-electron chi connectivity index (χ0n) is 14.5. The highest BCUT2D eigenvalue weighted by molar-refractivity contribution is 7.07. The number of Topliss-reactive ketones (excluding diaryl/α,β-unsaturated/α-hetero) is 1. The van der Waals surface area contributed by atoms with E-state index < -0.39 is 10.5 Å². The number of nitrogens with zero attached hydrogens (tertiary/aromatic N) is 1. The smallest absolute Gasteiger partial charge is 0.270 e. The molecule has 1 heterocycles. The van der Waals surface area contributed by atoms with E-state index in [9.17, 15) is 19.7 Å². The molecule has 7 nitrogen and oxygen atoms in total. The Labute approximate surface area is 167 Å². The molecule has 0 aliphatic rings. The summed E-state index contributed by atoms with van der Waals surface area (Å²) in [5.74, 6) is 0.354. The molecule has 0 saturated heterocycles. The Hall–Kier alpha value is -3.23. The lowest BCUT2D eigenvalue weighted by molar-refractivity contribution is -0.384. The Kier molecular flexibility index (Phi) is 5.72. The van der Waals surface area contributed by atoms with Gasteiger partial charge >= 0.3 is 0 Å². The van der Waals surface area contributed by atoms with Crippen molar-refractivity contribution >= 4 is 46.6 Å². The van der Waals surface area contributed by atoms with Gasteiger partial charge in [0.2, 0.25) is 0 Å². The van der Waals surface area contributed by atoms with Crippen molar-refractivity contribution in [3.05, 3.63) is 88.3 Å². The van der Waals surface area contributed by atoms with E-state index in [0.717, 1.165) is 11.3 Å². The summed E-state index contributed by atoms with van der Waals surface area (Å²) in [6.07, 6.45) is 2.77. The van der Waals surface area contributed by atoms with Crippen LogP contribution in [0.1, 0.15) is 15.9 Å². The molecule has 0 fully saturated rings. The summed E-state index contributed by atoms with van der Waals surface area (Å²) in [7, 11) is 1.53. The number of hydrogen-bond donors (Lipinski definition) is 1. The first-order chi connectivity index (χ1) is 13.4. The number of benzene rings is 2. The molecule has 1 N–H and O–H groups in total. The van der Waals surface area contributed by atoms with Crippen LogP contribution in [0, 0.1) is 10.1 Å². The highest BCUT2D eigenvalue weighted by Gasteiger charge is 2.09. The average Bonchev–Trinajstić information content (AvgIpc) is 3.02. The molecule has 0 saturated carbocycles. The topological polar surface area (TPSA) is 102 Å². The molecule has 1 aromatic heterocycles. The lowest BCUT2D eigenvalue weighted by Gasteiger charge is -1.99. The fourth-order valence-corrected chi connectivity index (χ4v) is 3.43. The van der Waals surface area contributed by atoms with E-state index in [-0.39, 0.29) is 21.0 Å². The number of H-pyrrole nitrogens is 1. The molecule has 3 rings (SSSR count). The van der Waals surface area contributed by atoms with Crippen LogP contribution < -0.4 is 19.5 Å². The summed E-state index contributed by atoms with van der Waals surface area (Å²) in [5, 5.41) is 11.2. The van der Waals surface area contributed by atoms with Crippen molar-refractivity contribution in [1.82, 2.24) is 4.98 Å². The summed E-state index contributed by atoms with van der Waals surface area (Å²) in [6, 6.07) is 10.5. The number of halogens is 1. The number of ketones is 1. The van der Waals surface area contributed by atoms with Crippen LogP contribution in [0.3, 0.4) is 0 Å². The van der Waals surface area contributed by atoms with Crippen LogP contribution in [0.5, 0.6) is 5.75 Å². The maximum Gasteiger partial charge on any atom is 0.270 e. The van der Waals surface area contributed by atoms with Crippen LogP contribution in [0.4, 0.5) is 5.69 Å². The number of hydrogen-bond acceptors (Lipinski definition) is 6. The second-order valence-corrected chi connectivity index (χ2v) is 7.12. The van der Waals surface area contributed by atoms with Crippen LogP contribution in [0.25, 0.3) is 12.2 Å². The number of carbonyl (C=O) groups is 1. The number of methoxy groups -OCH3 is 1. The normalized spacial score (nSPS) is 12.2. The minimum atomic E-state index is -0.543. The van der Waals surface area contributed by atoms with E-state index in [4.69, 9.17) is 16.3 Å². The van der Waals surface area contributed by atoms with Gasteiger partial charge in [0.1, 0.15) is 5.75 Å². The van der Waals surface area contributed by atoms with Gasteiger partial charge in [-0.15, -0.1) is 11.3 Å². The van der Waals surface area contributed by atoms with E-state index in [2.05, 4.69) is 4.98 Å². The van der Waals surface area contributed by atoms with Crippen molar-refractivity contribution in [1.29, 1.82) is 0 Å². The van der Waals surface area contributed by atoms with Gasteiger partial charge < -0.3 is 9.72 Å². The van der Waals surface area contributed by atoms with E-state index in [1.54, 1.807) is 24.3 Å². The Balaban J connectivity index is 1.99. The van der Waals surface area contributed by atoms with Crippen LogP contribution in [-0.4, -0.2) is 22.8 Å². The molecule has 0 radical (unpaired) electrons. The number of nitrogens with one attached hydrogen (secondary N) is 1. The predicted molar refractivity (Wildman–Crippen MR) is 108 cm³/mol.